The van der Waals surface area contributed by atoms with Crippen LogP contribution >= 0.6 is 0 Å². The molecule has 18 heavy (non-hydrogen) atoms. The van der Waals surface area contributed by atoms with Crippen LogP contribution in [0, 0.1) is 0 Å². The first-order chi connectivity index (χ1) is 8.57. The van der Waals surface area contributed by atoms with Crippen molar-refractivity contribution in [1.29, 1.82) is 0 Å². The second-order valence-electron chi connectivity index (χ2n) is 5.77. The number of carbonyl (C=O) groups is 1. The molecule has 1 atom stereocenters. The third kappa shape index (κ3) is 2.68. The van der Waals surface area contributed by atoms with E-state index < -0.39 is 5.97 Å². The minimum absolute atomic E-state index is 0.141. The van der Waals surface area contributed by atoms with Crippen molar-refractivity contribution in [3.63, 3.8) is 0 Å². The van der Waals surface area contributed by atoms with Gasteiger partial charge in [-0.3, -0.25) is 9.69 Å². The van der Waals surface area contributed by atoms with Gasteiger partial charge >= 0.3 is 5.97 Å². The lowest BCUT2D eigenvalue weighted by Gasteiger charge is -2.52. The zero-order valence-electron chi connectivity index (χ0n) is 11.5. The molecule has 0 bridgehead atoms. The van der Waals surface area contributed by atoms with Crippen LogP contribution in [0.5, 0.6) is 0 Å². The van der Waals surface area contributed by atoms with Crippen molar-refractivity contribution in [3.05, 3.63) is 0 Å². The number of carboxylic acid groups (broad SMARTS) is 1. The number of rotatable bonds is 4. The molecule has 1 unspecified atom stereocenters. The van der Waals surface area contributed by atoms with Crippen LogP contribution in [-0.2, 0) is 4.79 Å². The molecule has 2 aliphatic rings. The lowest BCUT2D eigenvalue weighted by molar-refractivity contribution is -0.142. The summed E-state index contributed by atoms with van der Waals surface area (Å²) in [5.41, 5.74) is -0.141. The summed E-state index contributed by atoms with van der Waals surface area (Å²) in [6.07, 6.45) is 2.49. The fourth-order valence-electron chi connectivity index (χ4n) is 3.34. The molecule has 0 radical (unpaired) electrons. The number of nitrogens with one attached hydrogen (secondary N) is 1. The van der Waals surface area contributed by atoms with Crippen molar-refractivity contribution in [2.24, 2.45) is 0 Å². The maximum absolute atomic E-state index is 11.1. The average Bonchev–Trinajstić information content (AvgIpc) is 2.45. The van der Waals surface area contributed by atoms with E-state index in [0.29, 0.717) is 6.04 Å². The van der Waals surface area contributed by atoms with Crippen molar-refractivity contribution in [2.75, 3.05) is 39.8 Å². The van der Waals surface area contributed by atoms with Crippen molar-refractivity contribution < 1.29 is 9.90 Å². The molecular weight excluding hydrogens is 230 g/mol. The van der Waals surface area contributed by atoms with Gasteiger partial charge in [-0.25, -0.2) is 0 Å². The van der Waals surface area contributed by atoms with E-state index in [1.807, 2.05) is 0 Å². The van der Waals surface area contributed by atoms with Crippen molar-refractivity contribution in [3.8, 4) is 0 Å². The van der Waals surface area contributed by atoms with Gasteiger partial charge in [0.05, 0.1) is 12.0 Å². The Labute approximate surface area is 109 Å². The maximum atomic E-state index is 11.1. The van der Waals surface area contributed by atoms with Crippen LogP contribution in [0.3, 0.4) is 0 Å². The van der Waals surface area contributed by atoms with Gasteiger partial charge in [0.1, 0.15) is 0 Å². The fourth-order valence-corrected chi connectivity index (χ4v) is 3.34. The van der Waals surface area contributed by atoms with Gasteiger partial charge in [0, 0.05) is 32.2 Å². The molecule has 0 spiro atoms. The van der Waals surface area contributed by atoms with E-state index >= 15 is 0 Å². The molecule has 104 valence electrons. The van der Waals surface area contributed by atoms with Crippen LogP contribution < -0.4 is 5.32 Å². The Morgan fingerprint density at radius 1 is 1.44 bits per heavy atom. The maximum Gasteiger partial charge on any atom is 0.305 e. The zero-order chi connectivity index (χ0) is 13.2. The molecule has 0 aliphatic carbocycles. The van der Waals surface area contributed by atoms with E-state index in [1.165, 1.54) is 0 Å². The minimum Gasteiger partial charge on any atom is -0.481 e. The summed E-state index contributed by atoms with van der Waals surface area (Å²) >= 11 is 0. The third-order valence-electron chi connectivity index (χ3n) is 4.37. The molecule has 0 amide bonds. The smallest absolute Gasteiger partial charge is 0.305 e. The largest absolute Gasteiger partial charge is 0.481 e. The van der Waals surface area contributed by atoms with Crippen molar-refractivity contribution in [1.82, 2.24) is 15.1 Å². The van der Waals surface area contributed by atoms with Gasteiger partial charge in [-0.2, -0.15) is 0 Å². The molecule has 5 heteroatoms. The molecule has 2 aliphatic heterocycles. The average molecular weight is 255 g/mol. The Morgan fingerprint density at radius 3 is 2.67 bits per heavy atom. The Balaban J connectivity index is 2.14. The minimum atomic E-state index is -0.677. The Kier molecular flexibility index (Phi) is 4.25. The van der Waals surface area contributed by atoms with E-state index in [0.717, 1.165) is 45.6 Å². The molecule has 0 aromatic heterocycles. The fraction of sp³-hybridized carbons (Fsp3) is 0.923. The topological polar surface area (TPSA) is 55.8 Å². The number of hydrogen-bond donors (Lipinski definition) is 2. The lowest BCUT2D eigenvalue weighted by atomic mass is 9.84. The second-order valence-corrected chi connectivity index (χ2v) is 5.77. The predicted octanol–water partition coefficient (Wildman–Crippen LogP) is 0.219. The Morgan fingerprint density at radius 2 is 2.17 bits per heavy atom. The molecule has 0 aromatic carbocycles. The zero-order valence-corrected chi connectivity index (χ0v) is 11.5. The lowest BCUT2D eigenvalue weighted by Crippen LogP contribution is -2.71. The van der Waals surface area contributed by atoms with Crippen LogP contribution in [0.1, 0.15) is 26.2 Å². The second kappa shape index (κ2) is 5.55. The highest BCUT2D eigenvalue weighted by Crippen LogP contribution is 2.30. The normalized spacial score (nSPS) is 29.6. The van der Waals surface area contributed by atoms with Gasteiger partial charge in [0.2, 0.25) is 0 Å². The van der Waals surface area contributed by atoms with E-state index in [4.69, 9.17) is 5.11 Å². The van der Waals surface area contributed by atoms with E-state index in [9.17, 15) is 4.79 Å². The molecule has 2 rings (SSSR count). The highest BCUT2D eigenvalue weighted by molar-refractivity contribution is 5.69. The number of carboxylic acids is 1. The predicted molar refractivity (Wildman–Crippen MR) is 70.8 cm³/mol. The van der Waals surface area contributed by atoms with Crippen molar-refractivity contribution in [2.45, 2.75) is 37.8 Å². The van der Waals surface area contributed by atoms with Crippen LogP contribution in [0.2, 0.25) is 0 Å². The van der Waals surface area contributed by atoms with Crippen LogP contribution in [0.4, 0.5) is 0 Å². The molecular formula is C13H25N3O2. The molecule has 2 fully saturated rings. The number of likely N-dealkylation sites (N-methyl/N-ethyl adjacent to an activating group) is 1. The summed E-state index contributed by atoms with van der Waals surface area (Å²) in [5.74, 6) is -0.677. The van der Waals surface area contributed by atoms with E-state index in [1.54, 1.807) is 0 Å². The molecule has 2 heterocycles. The summed E-state index contributed by atoms with van der Waals surface area (Å²) < 4.78 is 0. The molecule has 2 N–H and O–H groups in total. The molecule has 0 aromatic rings. The summed E-state index contributed by atoms with van der Waals surface area (Å²) in [4.78, 5) is 16.0. The molecule has 5 nitrogen and oxygen atoms in total. The number of hydrogen-bond acceptors (Lipinski definition) is 4. The first-order valence-corrected chi connectivity index (χ1v) is 6.95. The first kappa shape index (κ1) is 13.8. The highest BCUT2D eigenvalue weighted by atomic mass is 16.4. The van der Waals surface area contributed by atoms with Gasteiger partial charge in [0.25, 0.3) is 0 Å². The van der Waals surface area contributed by atoms with E-state index in [2.05, 4.69) is 29.1 Å². The van der Waals surface area contributed by atoms with Crippen molar-refractivity contribution >= 4 is 5.97 Å². The Hall–Kier alpha value is -0.650. The highest BCUT2D eigenvalue weighted by Gasteiger charge is 2.46. The van der Waals surface area contributed by atoms with Gasteiger partial charge in [-0.05, 0) is 26.4 Å². The quantitative estimate of drug-likeness (QED) is 0.752. The van der Waals surface area contributed by atoms with Gasteiger partial charge < -0.3 is 15.3 Å². The molecule has 2 saturated heterocycles. The number of aliphatic carboxylic acids is 1. The van der Waals surface area contributed by atoms with Gasteiger partial charge in [0.15, 0.2) is 0 Å². The summed E-state index contributed by atoms with van der Waals surface area (Å²) in [6, 6.07) is 0.485. The first-order valence-electron chi connectivity index (χ1n) is 6.95. The van der Waals surface area contributed by atoms with Gasteiger partial charge in [-0.15, -0.1) is 0 Å². The summed E-state index contributed by atoms with van der Waals surface area (Å²) in [6.45, 7) is 7.04. The summed E-state index contributed by atoms with van der Waals surface area (Å²) in [7, 11) is 2.16. The van der Waals surface area contributed by atoms with Crippen LogP contribution in [0.25, 0.3) is 0 Å². The van der Waals surface area contributed by atoms with Gasteiger partial charge in [-0.1, -0.05) is 6.92 Å². The number of nitrogens with zero attached hydrogens (tertiary/aromatic N) is 2. The standard InChI is InChI=1S/C13H25N3O2/c1-3-11-8-15(2)5-4-6-16(11)13(7-12(17)18)9-14-10-13/h11,14H,3-10H2,1-2H3,(H,17,18). The SMILES string of the molecule is CCC1CN(C)CCCN1C1(CC(=O)O)CNC1. The van der Waals surface area contributed by atoms with E-state index in [-0.39, 0.29) is 12.0 Å². The molecule has 0 saturated carbocycles. The summed E-state index contributed by atoms with van der Waals surface area (Å²) in [5, 5.41) is 12.4. The van der Waals surface area contributed by atoms with Crippen LogP contribution in [0.15, 0.2) is 0 Å². The third-order valence-corrected chi connectivity index (χ3v) is 4.37. The van der Waals surface area contributed by atoms with Crippen LogP contribution in [-0.4, -0.2) is 72.2 Å². The monoisotopic (exact) mass is 255 g/mol. The Bertz CT molecular complexity index is 305.